The molecule has 3 N–H and O–H groups in total. The quantitative estimate of drug-likeness (QED) is 0.845. The number of anilines is 1. The molecule has 2 rings (SSSR count). The van der Waals surface area contributed by atoms with Crippen molar-refractivity contribution >= 4 is 26.6 Å². The van der Waals surface area contributed by atoms with Crippen molar-refractivity contribution in [2.24, 2.45) is 0 Å². The number of alkyl halides is 3. The van der Waals surface area contributed by atoms with Gasteiger partial charge in [-0.1, -0.05) is 0 Å². The van der Waals surface area contributed by atoms with Crippen LogP contribution in [-0.2, 0) is 9.84 Å². The fourth-order valence-electron chi connectivity index (χ4n) is 1.50. The standard InChI is InChI=1S/C10H10F3N3O2S/c11-10(12,13)3-4-19(17,18)9-15-7-2-1-6(14)5-8(7)16-9/h1-2,5H,3-4,14H2,(H,15,16). The number of hydrogen-bond acceptors (Lipinski definition) is 4. The van der Waals surface area contributed by atoms with Gasteiger partial charge in [-0.25, -0.2) is 13.4 Å². The van der Waals surface area contributed by atoms with Gasteiger partial charge in [0.15, 0.2) is 0 Å². The van der Waals surface area contributed by atoms with Gasteiger partial charge in [0.05, 0.1) is 23.2 Å². The summed E-state index contributed by atoms with van der Waals surface area (Å²) >= 11 is 0. The third-order valence-corrected chi connectivity index (χ3v) is 3.96. The smallest absolute Gasteiger partial charge is 0.390 e. The van der Waals surface area contributed by atoms with Crippen LogP contribution < -0.4 is 5.73 Å². The van der Waals surface area contributed by atoms with E-state index in [0.29, 0.717) is 16.7 Å². The molecule has 2 aromatic rings. The van der Waals surface area contributed by atoms with Crippen molar-refractivity contribution in [2.45, 2.75) is 17.8 Å². The van der Waals surface area contributed by atoms with E-state index in [-0.39, 0.29) is 0 Å². The third-order valence-electron chi connectivity index (χ3n) is 2.43. The van der Waals surface area contributed by atoms with E-state index in [1.165, 1.54) is 18.2 Å². The lowest BCUT2D eigenvalue weighted by Gasteiger charge is -2.04. The molecule has 0 saturated carbocycles. The Kier molecular flexibility index (Phi) is 3.17. The largest absolute Gasteiger partial charge is 0.399 e. The van der Waals surface area contributed by atoms with E-state index in [1.807, 2.05) is 0 Å². The molecule has 1 aromatic carbocycles. The number of H-pyrrole nitrogens is 1. The topological polar surface area (TPSA) is 88.8 Å². The molecular weight excluding hydrogens is 283 g/mol. The number of benzene rings is 1. The lowest BCUT2D eigenvalue weighted by atomic mass is 10.3. The van der Waals surface area contributed by atoms with Crippen molar-refractivity contribution < 1.29 is 21.6 Å². The molecular formula is C10H10F3N3O2S. The predicted molar refractivity (Wildman–Crippen MR) is 63.2 cm³/mol. The van der Waals surface area contributed by atoms with Crippen LogP contribution in [0.5, 0.6) is 0 Å². The van der Waals surface area contributed by atoms with Crippen molar-refractivity contribution in [1.82, 2.24) is 9.97 Å². The van der Waals surface area contributed by atoms with E-state index in [9.17, 15) is 21.6 Å². The minimum Gasteiger partial charge on any atom is -0.399 e. The third kappa shape index (κ3) is 3.16. The second kappa shape index (κ2) is 4.41. The fraction of sp³-hybridized carbons (Fsp3) is 0.300. The van der Waals surface area contributed by atoms with Crippen LogP contribution in [0.4, 0.5) is 18.9 Å². The van der Waals surface area contributed by atoms with Gasteiger partial charge in [0.2, 0.25) is 15.0 Å². The van der Waals surface area contributed by atoms with Crippen molar-refractivity contribution in [1.29, 1.82) is 0 Å². The zero-order valence-corrected chi connectivity index (χ0v) is 10.3. The normalized spacial score (nSPS) is 13.0. The lowest BCUT2D eigenvalue weighted by Crippen LogP contribution is -2.17. The van der Waals surface area contributed by atoms with Gasteiger partial charge in [-0.15, -0.1) is 0 Å². The molecule has 1 aromatic heterocycles. The van der Waals surface area contributed by atoms with Crippen LogP contribution in [0.15, 0.2) is 23.4 Å². The molecule has 0 radical (unpaired) electrons. The fourth-order valence-corrected chi connectivity index (χ4v) is 2.69. The number of aromatic nitrogens is 2. The highest BCUT2D eigenvalue weighted by molar-refractivity contribution is 7.91. The molecule has 0 saturated heterocycles. The first kappa shape index (κ1) is 13.7. The average Bonchev–Trinajstić information content (AvgIpc) is 2.69. The van der Waals surface area contributed by atoms with Gasteiger partial charge in [-0.05, 0) is 18.2 Å². The monoisotopic (exact) mass is 293 g/mol. The van der Waals surface area contributed by atoms with Gasteiger partial charge in [0, 0.05) is 5.69 Å². The number of nitrogens with one attached hydrogen (secondary N) is 1. The molecule has 104 valence electrons. The highest BCUT2D eigenvalue weighted by Gasteiger charge is 2.31. The SMILES string of the molecule is Nc1ccc2nc(S(=O)(=O)CCC(F)(F)F)[nH]c2c1. The zero-order valence-electron chi connectivity index (χ0n) is 9.53. The second-order valence-corrected chi connectivity index (χ2v) is 6.03. The van der Waals surface area contributed by atoms with Crippen LogP contribution in [-0.4, -0.2) is 30.3 Å². The van der Waals surface area contributed by atoms with Gasteiger partial charge in [0.1, 0.15) is 0 Å². The number of halogens is 3. The van der Waals surface area contributed by atoms with Crippen LogP contribution in [0.3, 0.4) is 0 Å². The Balaban J connectivity index is 2.33. The molecule has 0 fully saturated rings. The summed E-state index contributed by atoms with van der Waals surface area (Å²) in [4.78, 5) is 6.23. The number of aromatic amines is 1. The van der Waals surface area contributed by atoms with E-state index in [0.717, 1.165) is 0 Å². The minimum absolute atomic E-state index is 0.333. The summed E-state index contributed by atoms with van der Waals surface area (Å²) < 4.78 is 59.6. The number of nitrogens with two attached hydrogens (primary N) is 1. The highest BCUT2D eigenvalue weighted by atomic mass is 32.2. The van der Waals surface area contributed by atoms with Crippen LogP contribution in [0.25, 0.3) is 11.0 Å². The molecule has 19 heavy (non-hydrogen) atoms. The Morgan fingerprint density at radius 1 is 1.32 bits per heavy atom. The summed E-state index contributed by atoms with van der Waals surface area (Å²) in [6.07, 6.45) is -5.93. The first-order valence-electron chi connectivity index (χ1n) is 5.22. The van der Waals surface area contributed by atoms with Crippen molar-refractivity contribution in [3.05, 3.63) is 18.2 Å². The summed E-state index contributed by atoms with van der Waals surface area (Å²) in [6, 6.07) is 4.48. The molecule has 0 amide bonds. The lowest BCUT2D eigenvalue weighted by molar-refractivity contribution is -0.129. The Morgan fingerprint density at radius 2 is 2.00 bits per heavy atom. The Hall–Kier alpha value is -1.77. The van der Waals surface area contributed by atoms with E-state index in [4.69, 9.17) is 5.73 Å². The number of imidazole rings is 1. The second-order valence-electron chi connectivity index (χ2n) is 4.00. The Labute approximate surface area is 106 Å². The summed E-state index contributed by atoms with van der Waals surface area (Å²) in [5, 5.41) is -0.475. The van der Waals surface area contributed by atoms with Gasteiger partial charge >= 0.3 is 6.18 Å². The van der Waals surface area contributed by atoms with Crippen molar-refractivity contribution in [3.8, 4) is 0 Å². The molecule has 0 aliphatic carbocycles. The van der Waals surface area contributed by atoms with E-state index >= 15 is 0 Å². The maximum absolute atomic E-state index is 12.0. The molecule has 0 spiro atoms. The molecule has 0 aliphatic heterocycles. The summed E-state index contributed by atoms with van der Waals surface area (Å²) in [7, 11) is -4.10. The summed E-state index contributed by atoms with van der Waals surface area (Å²) in [5.74, 6) is -1.04. The number of fused-ring (bicyclic) bond motifs is 1. The van der Waals surface area contributed by atoms with E-state index in [2.05, 4.69) is 9.97 Å². The molecule has 0 unspecified atom stereocenters. The maximum atomic E-state index is 12.0. The average molecular weight is 293 g/mol. The first-order valence-corrected chi connectivity index (χ1v) is 6.87. The molecule has 0 bridgehead atoms. The van der Waals surface area contributed by atoms with Crippen LogP contribution in [0, 0.1) is 0 Å². The number of nitrogens with zero attached hydrogens (tertiary/aromatic N) is 1. The minimum atomic E-state index is -4.52. The van der Waals surface area contributed by atoms with Crippen molar-refractivity contribution in [3.63, 3.8) is 0 Å². The number of rotatable bonds is 3. The zero-order chi connectivity index (χ0) is 14.3. The first-order chi connectivity index (χ1) is 8.67. The van der Waals surface area contributed by atoms with Crippen LogP contribution in [0.2, 0.25) is 0 Å². The van der Waals surface area contributed by atoms with E-state index in [1.54, 1.807) is 0 Å². The van der Waals surface area contributed by atoms with Crippen molar-refractivity contribution in [2.75, 3.05) is 11.5 Å². The number of hydrogen-bond donors (Lipinski definition) is 2. The summed E-state index contributed by atoms with van der Waals surface area (Å²) in [5.41, 5.74) is 6.61. The van der Waals surface area contributed by atoms with Crippen LogP contribution >= 0.6 is 0 Å². The Bertz CT molecular complexity index is 706. The molecule has 0 aliphatic rings. The van der Waals surface area contributed by atoms with Gasteiger partial charge < -0.3 is 10.7 Å². The predicted octanol–water partition coefficient (Wildman–Crippen LogP) is 1.87. The van der Waals surface area contributed by atoms with Gasteiger partial charge in [-0.3, -0.25) is 0 Å². The highest BCUT2D eigenvalue weighted by Crippen LogP contribution is 2.23. The molecule has 0 atom stereocenters. The van der Waals surface area contributed by atoms with E-state index < -0.39 is 33.3 Å². The summed E-state index contributed by atoms with van der Waals surface area (Å²) in [6.45, 7) is 0. The molecule has 5 nitrogen and oxygen atoms in total. The van der Waals surface area contributed by atoms with Crippen LogP contribution in [0.1, 0.15) is 6.42 Å². The van der Waals surface area contributed by atoms with Gasteiger partial charge in [-0.2, -0.15) is 13.2 Å². The maximum Gasteiger partial charge on any atom is 0.390 e. The molecule has 9 heteroatoms. The molecule has 1 heterocycles. The Morgan fingerprint density at radius 3 is 2.63 bits per heavy atom. The number of nitrogen functional groups attached to an aromatic ring is 1. The van der Waals surface area contributed by atoms with Gasteiger partial charge in [0.25, 0.3) is 0 Å². The number of sulfone groups is 1.